The van der Waals surface area contributed by atoms with Crippen LogP contribution in [-0.4, -0.2) is 41.3 Å². The highest BCUT2D eigenvalue weighted by Crippen LogP contribution is 2.30. The molecule has 0 aliphatic carbocycles. The fourth-order valence-electron chi connectivity index (χ4n) is 3.12. The molecule has 1 N–H and O–H groups in total. The maximum absolute atomic E-state index is 12.6. The van der Waals surface area contributed by atoms with Crippen LogP contribution in [0.25, 0.3) is 0 Å². The van der Waals surface area contributed by atoms with Crippen LogP contribution in [0.4, 0.5) is 5.69 Å². The zero-order valence-electron chi connectivity index (χ0n) is 17.6. The van der Waals surface area contributed by atoms with Crippen LogP contribution in [0.3, 0.4) is 0 Å². The smallest absolute Gasteiger partial charge is 0.241 e. The van der Waals surface area contributed by atoms with Gasteiger partial charge in [0.05, 0.1) is 32.2 Å². The average Bonchev–Trinajstić information content (AvgIpc) is 2.63. The minimum absolute atomic E-state index is 0.306. The van der Waals surface area contributed by atoms with Gasteiger partial charge in [0, 0.05) is 0 Å². The van der Waals surface area contributed by atoms with E-state index in [0.717, 1.165) is 27.3 Å². The summed E-state index contributed by atoms with van der Waals surface area (Å²) in [6.45, 7) is 5.28. The Morgan fingerprint density at radius 1 is 1.03 bits per heavy atom. The van der Waals surface area contributed by atoms with Crippen molar-refractivity contribution in [2.45, 2.75) is 26.8 Å². The van der Waals surface area contributed by atoms with Gasteiger partial charge in [0.15, 0.2) is 11.5 Å². The summed E-state index contributed by atoms with van der Waals surface area (Å²) in [6, 6.07) is 10.5. The molecule has 0 spiro atoms. The Kier molecular flexibility index (Phi) is 7.13. The lowest BCUT2D eigenvalue weighted by atomic mass is 10.1. The molecular weight excluding hydrogens is 392 g/mol. The molecular formula is C21H28N2O5S. The second-order valence-corrected chi connectivity index (χ2v) is 8.93. The first-order chi connectivity index (χ1) is 13.5. The number of anilines is 1. The van der Waals surface area contributed by atoms with E-state index in [4.69, 9.17) is 9.47 Å². The first-order valence-corrected chi connectivity index (χ1v) is 11.0. The van der Waals surface area contributed by atoms with Crippen LogP contribution in [0.1, 0.15) is 29.7 Å². The molecule has 8 heteroatoms. The van der Waals surface area contributed by atoms with E-state index < -0.39 is 15.9 Å². The summed E-state index contributed by atoms with van der Waals surface area (Å²) >= 11 is 0. The third-order valence-electron chi connectivity index (χ3n) is 4.47. The van der Waals surface area contributed by atoms with Crippen molar-refractivity contribution in [2.75, 3.05) is 31.3 Å². The number of aryl methyl sites for hydroxylation is 2. The molecule has 0 heterocycles. The van der Waals surface area contributed by atoms with Gasteiger partial charge in [0.2, 0.25) is 15.9 Å². The van der Waals surface area contributed by atoms with Crippen molar-refractivity contribution in [3.63, 3.8) is 0 Å². The highest BCUT2D eigenvalue weighted by molar-refractivity contribution is 7.92. The van der Waals surface area contributed by atoms with Crippen molar-refractivity contribution in [1.82, 2.24) is 5.32 Å². The second-order valence-electron chi connectivity index (χ2n) is 7.02. The molecule has 29 heavy (non-hydrogen) atoms. The third kappa shape index (κ3) is 5.87. The number of hydrogen-bond donors (Lipinski definition) is 1. The monoisotopic (exact) mass is 420 g/mol. The van der Waals surface area contributed by atoms with E-state index in [0.29, 0.717) is 17.2 Å². The topological polar surface area (TPSA) is 84.9 Å². The Bertz CT molecular complexity index is 968. The fraction of sp³-hybridized carbons (Fsp3) is 0.381. The Labute approximate surface area is 172 Å². The van der Waals surface area contributed by atoms with Gasteiger partial charge in [-0.05, 0) is 61.7 Å². The molecule has 0 saturated heterocycles. The average molecular weight is 421 g/mol. The van der Waals surface area contributed by atoms with Crippen molar-refractivity contribution in [1.29, 1.82) is 0 Å². The van der Waals surface area contributed by atoms with E-state index in [1.54, 1.807) is 38.5 Å². The molecule has 2 aromatic carbocycles. The molecule has 0 aromatic heterocycles. The van der Waals surface area contributed by atoms with E-state index in [-0.39, 0.29) is 12.6 Å². The van der Waals surface area contributed by atoms with Crippen molar-refractivity contribution >= 4 is 21.6 Å². The molecule has 0 bridgehead atoms. The zero-order chi connectivity index (χ0) is 21.8. The summed E-state index contributed by atoms with van der Waals surface area (Å²) in [4.78, 5) is 12.6. The van der Waals surface area contributed by atoms with Gasteiger partial charge >= 0.3 is 0 Å². The molecule has 0 saturated carbocycles. The zero-order valence-corrected chi connectivity index (χ0v) is 18.5. The standard InChI is InChI=1S/C21H28N2O5S/c1-14-9-15(2)11-18(10-14)23(29(6,25)26)13-21(24)22-16(3)17-7-8-19(27-4)20(12-17)28-5/h7-12,16H,13H2,1-6H3,(H,22,24)/t16-/m1/s1. The minimum atomic E-state index is -3.63. The first kappa shape index (κ1) is 22.5. The molecule has 2 rings (SSSR count). The minimum Gasteiger partial charge on any atom is -0.493 e. The molecule has 1 atom stereocenters. The number of rotatable bonds is 8. The molecule has 0 fully saturated rings. The lowest BCUT2D eigenvalue weighted by Crippen LogP contribution is -2.41. The predicted octanol–water partition coefficient (Wildman–Crippen LogP) is 2.96. The lowest BCUT2D eigenvalue weighted by Gasteiger charge is -2.24. The summed E-state index contributed by atoms with van der Waals surface area (Å²) in [5.41, 5.74) is 3.13. The van der Waals surface area contributed by atoms with E-state index in [9.17, 15) is 13.2 Å². The fourth-order valence-corrected chi connectivity index (χ4v) is 3.96. The lowest BCUT2D eigenvalue weighted by molar-refractivity contribution is -0.120. The van der Waals surface area contributed by atoms with Gasteiger partial charge in [0.25, 0.3) is 0 Å². The van der Waals surface area contributed by atoms with Crippen LogP contribution in [0.5, 0.6) is 11.5 Å². The van der Waals surface area contributed by atoms with Crippen LogP contribution in [0.15, 0.2) is 36.4 Å². The van der Waals surface area contributed by atoms with Gasteiger partial charge in [-0.2, -0.15) is 0 Å². The van der Waals surface area contributed by atoms with E-state index in [2.05, 4.69) is 5.32 Å². The molecule has 0 unspecified atom stereocenters. The SMILES string of the molecule is COc1ccc([C@@H](C)NC(=O)CN(c2cc(C)cc(C)c2)S(C)(=O)=O)cc1OC. The largest absolute Gasteiger partial charge is 0.493 e. The van der Waals surface area contributed by atoms with Gasteiger partial charge in [-0.25, -0.2) is 8.42 Å². The third-order valence-corrected chi connectivity index (χ3v) is 5.61. The summed E-state index contributed by atoms with van der Waals surface area (Å²) in [7, 11) is -0.539. The number of carbonyl (C=O) groups is 1. The number of sulfonamides is 1. The number of amides is 1. The number of carbonyl (C=O) groups excluding carboxylic acids is 1. The van der Waals surface area contributed by atoms with Crippen LogP contribution in [0.2, 0.25) is 0 Å². The summed E-state index contributed by atoms with van der Waals surface area (Å²) in [6.07, 6.45) is 1.09. The van der Waals surface area contributed by atoms with E-state index >= 15 is 0 Å². The molecule has 158 valence electrons. The van der Waals surface area contributed by atoms with Crippen molar-refractivity contribution in [3.8, 4) is 11.5 Å². The molecule has 2 aromatic rings. The Morgan fingerprint density at radius 3 is 2.14 bits per heavy atom. The van der Waals surface area contributed by atoms with Crippen LogP contribution in [-0.2, 0) is 14.8 Å². The highest BCUT2D eigenvalue weighted by atomic mass is 32.2. The number of nitrogens with zero attached hydrogens (tertiary/aromatic N) is 1. The molecule has 0 aliphatic heterocycles. The Balaban J connectivity index is 2.20. The van der Waals surface area contributed by atoms with Gasteiger partial charge < -0.3 is 14.8 Å². The Morgan fingerprint density at radius 2 is 1.62 bits per heavy atom. The van der Waals surface area contributed by atoms with Gasteiger partial charge in [-0.3, -0.25) is 9.10 Å². The van der Waals surface area contributed by atoms with Gasteiger partial charge in [-0.1, -0.05) is 12.1 Å². The van der Waals surface area contributed by atoms with Crippen molar-refractivity contribution in [2.24, 2.45) is 0 Å². The summed E-state index contributed by atoms with van der Waals surface area (Å²) in [5, 5.41) is 2.85. The number of methoxy groups -OCH3 is 2. The maximum atomic E-state index is 12.6. The quantitative estimate of drug-likeness (QED) is 0.710. The van der Waals surface area contributed by atoms with Crippen LogP contribution >= 0.6 is 0 Å². The van der Waals surface area contributed by atoms with E-state index in [1.165, 1.54) is 0 Å². The predicted molar refractivity (Wildman–Crippen MR) is 114 cm³/mol. The van der Waals surface area contributed by atoms with Crippen molar-refractivity contribution in [3.05, 3.63) is 53.1 Å². The van der Waals surface area contributed by atoms with Crippen molar-refractivity contribution < 1.29 is 22.7 Å². The first-order valence-electron chi connectivity index (χ1n) is 9.12. The van der Waals surface area contributed by atoms with Crippen LogP contribution in [0, 0.1) is 13.8 Å². The normalized spacial score (nSPS) is 12.2. The molecule has 1 amide bonds. The van der Waals surface area contributed by atoms with Gasteiger partial charge in [-0.15, -0.1) is 0 Å². The Hall–Kier alpha value is -2.74. The molecule has 0 radical (unpaired) electrons. The summed E-state index contributed by atoms with van der Waals surface area (Å²) in [5.74, 6) is 0.740. The molecule has 7 nitrogen and oxygen atoms in total. The highest BCUT2D eigenvalue weighted by Gasteiger charge is 2.22. The number of ether oxygens (including phenoxy) is 2. The number of hydrogen-bond acceptors (Lipinski definition) is 5. The maximum Gasteiger partial charge on any atom is 0.241 e. The molecule has 0 aliphatic rings. The summed E-state index contributed by atoms with van der Waals surface area (Å²) < 4.78 is 36.3. The van der Waals surface area contributed by atoms with Crippen LogP contribution < -0.4 is 19.1 Å². The van der Waals surface area contributed by atoms with Gasteiger partial charge in [0.1, 0.15) is 6.54 Å². The number of benzene rings is 2. The second kappa shape index (κ2) is 9.17. The number of nitrogens with one attached hydrogen (secondary N) is 1. The van der Waals surface area contributed by atoms with E-state index in [1.807, 2.05) is 32.9 Å².